The van der Waals surface area contributed by atoms with Crippen LogP contribution in [-0.2, 0) is 13.1 Å². The number of H-pyrrole nitrogens is 1. The molecular weight excluding hydrogens is 436 g/mol. The molecule has 0 radical (unpaired) electrons. The number of nitrogens with zero attached hydrogens (tertiary/aromatic N) is 2. The van der Waals surface area contributed by atoms with Crippen molar-refractivity contribution < 1.29 is 9.47 Å². The highest BCUT2D eigenvalue weighted by atomic mass is 32.1. The van der Waals surface area contributed by atoms with Crippen LogP contribution in [0.1, 0.15) is 23.1 Å². The molecule has 8 heteroatoms. The second-order valence-electron chi connectivity index (χ2n) is 8.65. The molecule has 0 amide bonds. The molecule has 1 aromatic heterocycles. The number of rotatable bonds is 8. The van der Waals surface area contributed by atoms with E-state index in [4.69, 9.17) is 21.7 Å². The molecule has 0 bridgehead atoms. The Morgan fingerprint density at radius 3 is 2.73 bits per heavy atom. The lowest BCUT2D eigenvalue weighted by molar-refractivity contribution is 0.174. The molecule has 1 aliphatic rings. The van der Waals surface area contributed by atoms with Gasteiger partial charge in [-0.15, -0.1) is 0 Å². The average Bonchev–Trinajstić information content (AvgIpc) is 3.24. The zero-order valence-corrected chi connectivity index (χ0v) is 20.1. The fourth-order valence-electron chi connectivity index (χ4n) is 3.84. The number of thiocarbonyl (C=S) groups is 1. The number of ether oxygens (including phenoxy) is 2. The van der Waals surface area contributed by atoms with E-state index >= 15 is 0 Å². The molecule has 4 rings (SSSR count). The second kappa shape index (κ2) is 10.2. The van der Waals surface area contributed by atoms with Crippen LogP contribution in [0.2, 0.25) is 0 Å². The summed E-state index contributed by atoms with van der Waals surface area (Å²) in [5.41, 5.74) is 3.56. The standard InChI is InChI=1S/C25H30N4O3S/c1-17-5-7-19-13-20(24(30)27-21(19)11-17)15-29(25(33)26-9-4-10-28(2)3)14-18-6-8-22-23(12-18)32-16-31-22/h5-8,11-13H,4,9-10,14-16H2,1-3H3,(H,26,33)(H,27,30). The zero-order valence-electron chi connectivity index (χ0n) is 19.3. The van der Waals surface area contributed by atoms with Crippen LogP contribution in [0.15, 0.2) is 47.3 Å². The molecule has 1 aliphatic heterocycles. The Balaban J connectivity index is 1.56. The maximum atomic E-state index is 12.9. The first-order valence-corrected chi connectivity index (χ1v) is 11.5. The number of hydrogen-bond acceptors (Lipinski definition) is 5. The first-order valence-electron chi connectivity index (χ1n) is 11.1. The summed E-state index contributed by atoms with van der Waals surface area (Å²) < 4.78 is 11.0. The van der Waals surface area contributed by atoms with E-state index in [1.807, 2.05) is 54.3 Å². The van der Waals surface area contributed by atoms with Crippen LogP contribution in [0.5, 0.6) is 11.5 Å². The smallest absolute Gasteiger partial charge is 0.253 e. The molecule has 0 saturated carbocycles. The molecule has 2 heterocycles. The second-order valence-corrected chi connectivity index (χ2v) is 9.03. The van der Waals surface area contributed by atoms with Gasteiger partial charge in [0.05, 0.1) is 6.54 Å². The first-order chi connectivity index (χ1) is 15.9. The summed E-state index contributed by atoms with van der Waals surface area (Å²) in [5.74, 6) is 1.48. The lowest BCUT2D eigenvalue weighted by Crippen LogP contribution is -2.40. The van der Waals surface area contributed by atoms with Gasteiger partial charge in [-0.05, 0) is 87.0 Å². The first kappa shape index (κ1) is 23.1. The number of fused-ring (bicyclic) bond motifs is 2. The molecule has 0 saturated heterocycles. The summed E-state index contributed by atoms with van der Waals surface area (Å²) in [6, 6.07) is 13.9. The molecule has 2 aromatic carbocycles. The van der Waals surface area contributed by atoms with Gasteiger partial charge in [0, 0.05) is 24.2 Å². The number of aryl methyl sites for hydroxylation is 1. The molecular formula is C25H30N4O3S. The van der Waals surface area contributed by atoms with E-state index in [0.717, 1.165) is 53.0 Å². The van der Waals surface area contributed by atoms with Gasteiger partial charge >= 0.3 is 0 Å². The van der Waals surface area contributed by atoms with Gasteiger partial charge in [-0.25, -0.2) is 0 Å². The molecule has 0 fully saturated rings. The number of aromatic nitrogens is 1. The molecule has 33 heavy (non-hydrogen) atoms. The van der Waals surface area contributed by atoms with Crippen molar-refractivity contribution in [1.29, 1.82) is 0 Å². The highest BCUT2D eigenvalue weighted by Crippen LogP contribution is 2.33. The fourth-order valence-corrected chi connectivity index (χ4v) is 4.08. The Kier molecular flexibility index (Phi) is 7.15. The average molecular weight is 467 g/mol. The summed E-state index contributed by atoms with van der Waals surface area (Å²) in [6.45, 7) is 4.93. The minimum absolute atomic E-state index is 0.0980. The topological polar surface area (TPSA) is 69.8 Å². The number of nitrogens with one attached hydrogen (secondary N) is 2. The van der Waals surface area contributed by atoms with Crippen LogP contribution in [0.3, 0.4) is 0 Å². The predicted molar refractivity (Wildman–Crippen MR) is 135 cm³/mol. The quantitative estimate of drug-likeness (QED) is 0.390. The molecule has 2 N–H and O–H groups in total. The normalized spacial score (nSPS) is 12.4. The summed E-state index contributed by atoms with van der Waals surface area (Å²) >= 11 is 5.74. The van der Waals surface area contributed by atoms with E-state index in [-0.39, 0.29) is 12.4 Å². The molecule has 0 aliphatic carbocycles. The van der Waals surface area contributed by atoms with Crippen LogP contribution in [0.4, 0.5) is 0 Å². The van der Waals surface area contributed by atoms with Gasteiger partial charge in [0.15, 0.2) is 16.6 Å². The molecule has 174 valence electrons. The van der Waals surface area contributed by atoms with Crippen molar-refractivity contribution in [3.05, 3.63) is 69.5 Å². The third kappa shape index (κ3) is 5.83. The van der Waals surface area contributed by atoms with Gasteiger partial charge in [-0.2, -0.15) is 0 Å². The van der Waals surface area contributed by atoms with Crippen molar-refractivity contribution in [3.8, 4) is 11.5 Å². The maximum absolute atomic E-state index is 12.9. The van der Waals surface area contributed by atoms with Crippen molar-refractivity contribution in [1.82, 2.24) is 20.1 Å². The summed E-state index contributed by atoms with van der Waals surface area (Å²) in [6.07, 6.45) is 0.973. The van der Waals surface area contributed by atoms with Gasteiger partial charge in [0.2, 0.25) is 6.79 Å². The Morgan fingerprint density at radius 2 is 1.91 bits per heavy atom. The van der Waals surface area contributed by atoms with E-state index < -0.39 is 0 Å². The van der Waals surface area contributed by atoms with Crippen LogP contribution in [0.25, 0.3) is 10.9 Å². The Morgan fingerprint density at radius 1 is 1.09 bits per heavy atom. The van der Waals surface area contributed by atoms with Crippen LogP contribution in [0, 0.1) is 6.92 Å². The van der Waals surface area contributed by atoms with Gasteiger partial charge in [0.25, 0.3) is 5.56 Å². The minimum atomic E-state index is -0.0980. The molecule has 0 unspecified atom stereocenters. The molecule has 7 nitrogen and oxygen atoms in total. The Labute approximate surface area is 199 Å². The maximum Gasteiger partial charge on any atom is 0.253 e. The molecule has 0 atom stereocenters. The largest absolute Gasteiger partial charge is 0.454 e. The number of benzene rings is 2. The lowest BCUT2D eigenvalue weighted by Gasteiger charge is -2.26. The Bertz CT molecular complexity index is 1210. The van der Waals surface area contributed by atoms with Gasteiger partial charge in [-0.1, -0.05) is 18.2 Å². The van der Waals surface area contributed by atoms with E-state index in [9.17, 15) is 4.79 Å². The number of pyridine rings is 1. The van der Waals surface area contributed by atoms with Gasteiger partial charge in [-0.3, -0.25) is 4.79 Å². The van der Waals surface area contributed by atoms with Gasteiger partial charge < -0.3 is 29.6 Å². The monoisotopic (exact) mass is 466 g/mol. The highest BCUT2D eigenvalue weighted by Gasteiger charge is 2.17. The Hall–Kier alpha value is -3.10. The fraction of sp³-hybridized carbons (Fsp3) is 0.360. The van der Waals surface area contributed by atoms with Crippen molar-refractivity contribution in [2.75, 3.05) is 34.0 Å². The minimum Gasteiger partial charge on any atom is -0.454 e. The van der Waals surface area contributed by atoms with Crippen molar-refractivity contribution >= 4 is 28.2 Å². The SMILES string of the molecule is Cc1ccc2cc(CN(Cc3ccc4c(c3)OCO4)C(=S)NCCCN(C)C)c(=O)[nH]c2c1. The molecule has 0 spiro atoms. The van der Waals surface area contributed by atoms with Crippen LogP contribution < -0.4 is 20.3 Å². The number of hydrogen-bond donors (Lipinski definition) is 2. The third-order valence-electron chi connectivity index (χ3n) is 5.60. The van der Waals surface area contributed by atoms with Crippen molar-refractivity contribution in [2.45, 2.75) is 26.4 Å². The summed E-state index contributed by atoms with van der Waals surface area (Å²) in [7, 11) is 4.11. The summed E-state index contributed by atoms with van der Waals surface area (Å²) in [4.78, 5) is 20.0. The van der Waals surface area contributed by atoms with Crippen molar-refractivity contribution in [3.63, 3.8) is 0 Å². The van der Waals surface area contributed by atoms with E-state index in [1.165, 1.54) is 0 Å². The number of aromatic amines is 1. The zero-order chi connectivity index (χ0) is 23.4. The van der Waals surface area contributed by atoms with Gasteiger partial charge in [0.1, 0.15) is 0 Å². The third-order valence-corrected chi connectivity index (χ3v) is 6.00. The predicted octanol–water partition coefficient (Wildman–Crippen LogP) is 3.39. The molecule has 3 aromatic rings. The van der Waals surface area contributed by atoms with E-state index in [1.54, 1.807) is 0 Å². The summed E-state index contributed by atoms with van der Waals surface area (Å²) in [5, 5.41) is 4.98. The highest BCUT2D eigenvalue weighted by molar-refractivity contribution is 7.80. The van der Waals surface area contributed by atoms with Crippen molar-refractivity contribution in [2.24, 2.45) is 0 Å². The lowest BCUT2D eigenvalue weighted by atomic mass is 10.1. The van der Waals surface area contributed by atoms with Crippen LogP contribution in [-0.4, -0.2) is 53.9 Å². The van der Waals surface area contributed by atoms with Crippen LogP contribution >= 0.6 is 12.2 Å². The van der Waals surface area contributed by atoms with E-state index in [0.29, 0.717) is 23.8 Å². The van der Waals surface area contributed by atoms with E-state index in [2.05, 4.69) is 29.3 Å².